The van der Waals surface area contributed by atoms with Crippen molar-refractivity contribution in [2.75, 3.05) is 17.6 Å². The second-order valence-electron chi connectivity index (χ2n) is 8.89. The van der Waals surface area contributed by atoms with Crippen LogP contribution >= 0.6 is 0 Å². The zero-order valence-corrected chi connectivity index (χ0v) is 21.3. The molecule has 0 saturated carbocycles. The number of anilines is 1. The Hall–Kier alpha value is -4.02. The molecule has 0 aliphatic heterocycles. The van der Waals surface area contributed by atoms with Crippen LogP contribution in [0.3, 0.4) is 0 Å². The highest BCUT2D eigenvalue weighted by Crippen LogP contribution is 2.29. The summed E-state index contributed by atoms with van der Waals surface area (Å²) >= 11 is 0. The molecule has 3 aromatic carbocycles. The van der Waals surface area contributed by atoms with Crippen molar-refractivity contribution in [3.63, 3.8) is 0 Å². The average Bonchev–Trinajstić information content (AvgIpc) is 3.38. The van der Waals surface area contributed by atoms with Gasteiger partial charge in [-0.2, -0.15) is 8.42 Å². The van der Waals surface area contributed by atoms with E-state index in [1.165, 1.54) is 0 Å². The predicted molar refractivity (Wildman–Crippen MR) is 142 cm³/mol. The number of nitrogens with zero attached hydrogens (tertiary/aromatic N) is 2. The maximum absolute atomic E-state index is 12.2. The van der Waals surface area contributed by atoms with E-state index in [-0.39, 0.29) is 18.5 Å². The molecule has 0 saturated heterocycles. The number of amides is 1. The standard InChI is InChI=1S/C27H28N4O5S/c1-18(2)24(29-23-14-12-20(13-15-23)25(32)28-16-17-37(33,34)35)19-8-10-22(11-9-19)27-31-30-26(36-27)21-6-4-3-5-7-21/h3-15,18,24,29H,16-17H2,1-2H3,(H,28,32)(H,33,34,35)/t24-/m0/s1. The van der Waals surface area contributed by atoms with Crippen molar-refractivity contribution in [2.24, 2.45) is 5.92 Å². The van der Waals surface area contributed by atoms with Crippen molar-refractivity contribution in [2.45, 2.75) is 19.9 Å². The number of hydrogen-bond donors (Lipinski definition) is 3. The van der Waals surface area contributed by atoms with E-state index in [9.17, 15) is 13.2 Å². The largest absolute Gasteiger partial charge is 0.416 e. The number of hydrogen-bond acceptors (Lipinski definition) is 7. The molecule has 4 rings (SSSR count). The number of benzene rings is 3. The van der Waals surface area contributed by atoms with Crippen molar-refractivity contribution in [3.05, 3.63) is 90.0 Å². The van der Waals surface area contributed by atoms with E-state index < -0.39 is 21.8 Å². The van der Waals surface area contributed by atoms with E-state index in [0.29, 0.717) is 17.3 Å². The summed E-state index contributed by atoms with van der Waals surface area (Å²) in [7, 11) is -4.12. The normalized spacial score (nSPS) is 12.3. The number of nitrogens with one attached hydrogen (secondary N) is 2. The van der Waals surface area contributed by atoms with E-state index in [2.05, 4.69) is 34.7 Å². The van der Waals surface area contributed by atoms with Gasteiger partial charge < -0.3 is 15.1 Å². The lowest BCUT2D eigenvalue weighted by atomic mass is 9.94. The first-order valence-corrected chi connectivity index (χ1v) is 13.4. The lowest BCUT2D eigenvalue weighted by Gasteiger charge is -2.24. The molecule has 10 heteroatoms. The van der Waals surface area contributed by atoms with Crippen LogP contribution in [0.5, 0.6) is 0 Å². The van der Waals surface area contributed by atoms with Gasteiger partial charge in [0.1, 0.15) is 0 Å². The van der Waals surface area contributed by atoms with Gasteiger partial charge in [0.25, 0.3) is 16.0 Å². The minimum atomic E-state index is -4.12. The van der Waals surface area contributed by atoms with Crippen LogP contribution in [-0.2, 0) is 10.1 Å². The summed E-state index contributed by atoms with van der Waals surface area (Å²) in [6, 6.07) is 24.5. The van der Waals surface area contributed by atoms with E-state index in [4.69, 9.17) is 8.97 Å². The number of carbonyl (C=O) groups excluding carboxylic acids is 1. The summed E-state index contributed by atoms with van der Waals surface area (Å²) in [6.07, 6.45) is 0. The van der Waals surface area contributed by atoms with Crippen molar-refractivity contribution < 1.29 is 22.2 Å². The summed E-state index contributed by atoms with van der Waals surface area (Å²) in [5.41, 5.74) is 3.99. The molecule has 192 valence electrons. The second kappa shape index (κ2) is 11.4. The summed E-state index contributed by atoms with van der Waals surface area (Å²) in [6.45, 7) is 4.07. The van der Waals surface area contributed by atoms with Crippen molar-refractivity contribution in [1.29, 1.82) is 0 Å². The predicted octanol–water partition coefficient (Wildman–Crippen LogP) is 4.83. The molecule has 0 spiro atoms. The molecule has 37 heavy (non-hydrogen) atoms. The molecule has 1 heterocycles. The molecule has 0 bridgehead atoms. The lowest BCUT2D eigenvalue weighted by molar-refractivity contribution is 0.0956. The summed E-state index contributed by atoms with van der Waals surface area (Å²) < 4.78 is 36.2. The SMILES string of the molecule is CC(C)[C@H](Nc1ccc(C(=O)NCCS(=O)(=O)O)cc1)c1ccc(-c2nnc(-c3ccccc3)o2)cc1. The molecule has 1 atom stereocenters. The highest BCUT2D eigenvalue weighted by Gasteiger charge is 2.17. The first kappa shape index (κ1) is 26.1. The quantitative estimate of drug-likeness (QED) is 0.253. The molecule has 1 aromatic heterocycles. The molecular formula is C27H28N4O5S. The summed E-state index contributed by atoms with van der Waals surface area (Å²) in [5.74, 6) is 0.236. The third-order valence-electron chi connectivity index (χ3n) is 5.74. The molecule has 4 aromatic rings. The number of rotatable bonds is 10. The zero-order valence-electron chi connectivity index (χ0n) is 20.5. The molecule has 0 unspecified atom stereocenters. The summed E-state index contributed by atoms with van der Waals surface area (Å²) in [4.78, 5) is 12.2. The minimum Gasteiger partial charge on any atom is -0.416 e. The van der Waals surface area contributed by atoms with Crippen molar-refractivity contribution >= 4 is 21.7 Å². The lowest BCUT2D eigenvalue weighted by Crippen LogP contribution is -2.28. The van der Waals surface area contributed by atoms with Crippen LogP contribution in [0.25, 0.3) is 22.9 Å². The Morgan fingerprint density at radius 2 is 1.49 bits per heavy atom. The van der Waals surface area contributed by atoms with Gasteiger partial charge >= 0.3 is 0 Å². The van der Waals surface area contributed by atoms with Crippen molar-refractivity contribution in [1.82, 2.24) is 15.5 Å². The van der Waals surface area contributed by atoms with Crippen molar-refractivity contribution in [3.8, 4) is 22.9 Å². The Kier molecular flexibility index (Phi) is 8.00. The molecular weight excluding hydrogens is 492 g/mol. The Morgan fingerprint density at radius 3 is 2.05 bits per heavy atom. The second-order valence-corrected chi connectivity index (χ2v) is 10.5. The first-order chi connectivity index (χ1) is 17.7. The van der Waals surface area contributed by atoms with Gasteiger partial charge in [-0.15, -0.1) is 10.2 Å². The molecule has 0 radical (unpaired) electrons. The average molecular weight is 521 g/mol. The van der Waals surface area contributed by atoms with Crippen LogP contribution in [0.1, 0.15) is 35.8 Å². The molecule has 1 amide bonds. The molecule has 3 N–H and O–H groups in total. The van der Waals surface area contributed by atoms with Crippen LogP contribution in [0.4, 0.5) is 5.69 Å². The molecule has 0 fully saturated rings. The molecule has 9 nitrogen and oxygen atoms in total. The fourth-order valence-corrected chi connectivity index (χ4v) is 4.16. The Balaban J connectivity index is 1.42. The van der Waals surface area contributed by atoms with Gasteiger partial charge in [-0.25, -0.2) is 0 Å². The minimum absolute atomic E-state index is 0.00560. The Bertz CT molecular complexity index is 1430. The van der Waals surface area contributed by atoms with Crippen LogP contribution in [0.15, 0.2) is 83.3 Å². The Morgan fingerprint density at radius 1 is 0.892 bits per heavy atom. The summed E-state index contributed by atoms with van der Waals surface area (Å²) in [5, 5.41) is 14.3. The fourth-order valence-electron chi connectivity index (χ4n) is 3.80. The van der Waals surface area contributed by atoms with Gasteiger partial charge in [-0.1, -0.05) is 44.2 Å². The van der Waals surface area contributed by atoms with Gasteiger partial charge in [-0.3, -0.25) is 9.35 Å². The van der Waals surface area contributed by atoms with Gasteiger partial charge in [0.15, 0.2) is 0 Å². The van der Waals surface area contributed by atoms with Gasteiger partial charge in [0.05, 0.1) is 11.8 Å². The number of carbonyl (C=O) groups is 1. The van der Waals surface area contributed by atoms with E-state index in [1.54, 1.807) is 24.3 Å². The van der Waals surface area contributed by atoms with Crippen LogP contribution in [-0.4, -0.2) is 41.4 Å². The molecule has 0 aliphatic carbocycles. The van der Waals surface area contributed by atoms with Gasteiger partial charge in [-0.05, 0) is 60.0 Å². The monoisotopic (exact) mass is 520 g/mol. The maximum Gasteiger partial charge on any atom is 0.266 e. The smallest absolute Gasteiger partial charge is 0.266 e. The third kappa shape index (κ3) is 7.02. The zero-order chi connectivity index (χ0) is 26.4. The Labute approximate surface area is 215 Å². The fraction of sp³-hybridized carbons (Fsp3) is 0.222. The van der Waals surface area contributed by atoms with Gasteiger partial charge in [0, 0.05) is 28.9 Å². The first-order valence-electron chi connectivity index (χ1n) is 11.8. The number of aromatic nitrogens is 2. The van der Waals surface area contributed by atoms with E-state index in [0.717, 1.165) is 22.4 Å². The van der Waals surface area contributed by atoms with Gasteiger partial charge in [0.2, 0.25) is 11.8 Å². The molecule has 0 aliphatic rings. The highest BCUT2D eigenvalue weighted by atomic mass is 32.2. The highest BCUT2D eigenvalue weighted by molar-refractivity contribution is 7.85. The van der Waals surface area contributed by atoms with Crippen LogP contribution in [0, 0.1) is 5.92 Å². The van der Waals surface area contributed by atoms with Crippen LogP contribution in [0.2, 0.25) is 0 Å². The maximum atomic E-state index is 12.2. The van der Waals surface area contributed by atoms with Crippen LogP contribution < -0.4 is 10.6 Å². The van der Waals surface area contributed by atoms with E-state index >= 15 is 0 Å². The third-order valence-corrected chi connectivity index (χ3v) is 6.46. The topological polar surface area (TPSA) is 134 Å². The van der Waals surface area contributed by atoms with E-state index in [1.807, 2.05) is 54.6 Å².